The van der Waals surface area contributed by atoms with Crippen molar-refractivity contribution in [1.82, 2.24) is 0 Å². The summed E-state index contributed by atoms with van der Waals surface area (Å²) in [6.07, 6.45) is 1.46. The Morgan fingerprint density at radius 2 is 1.65 bits per heavy atom. The van der Waals surface area contributed by atoms with E-state index in [0.717, 1.165) is 23.3 Å². The van der Waals surface area contributed by atoms with Gasteiger partial charge in [-0.15, -0.1) is 0 Å². The fraction of sp³-hybridized carbons (Fsp3) is 0.625. The summed E-state index contributed by atoms with van der Waals surface area (Å²) in [4.78, 5) is 0. The average Bonchev–Trinajstić information content (AvgIpc) is 2.95. The SMILES string of the molecule is CC(C)[C@@H]([C@H]1C[C@@H]1C)[Si](C)(C)c1ccccc1. The first-order valence-corrected chi connectivity index (χ1v) is 10.1. The normalized spacial score (nSPS) is 26.0. The molecular weight excluding hydrogens is 220 g/mol. The van der Waals surface area contributed by atoms with Gasteiger partial charge in [-0.3, -0.25) is 0 Å². The van der Waals surface area contributed by atoms with E-state index < -0.39 is 8.07 Å². The summed E-state index contributed by atoms with van der Waals surface area (Å²) in [5.74, 6) is 2.79. The van der Waals surface area contributed by atoms with Crippen LogP contribution in [0.3, 0.4) is 0 Å². The van der Waals surface area contributed by atoms with E-state index in [2.05, 4.69) is 64.2 Å². The van der Waals surface area contributed by atoms with Gasteiger partial charge in [0.2, 0.25) is 0 Å². The molecular formula is C16H26Si. The van der Waals surface area contributed by atoms with Crippen LogP contribution in [0.5, 0.6) is 0 Å². The molecule has 1 aromatic carbocycles. The minimum Gasteiger partial charge on any atom is -0.0652 e. The van der Waals surface area contributed by atoms with Crippen LogP contribution in [0.4, 0.5) is 0 Å². The largest absolute Gasteiger partial charge is 0.0842 e. The third-order valence-electron chi connectivity index (χ3n) is 4.70. The van der Waals surface area contributed by atoms with E-state index in [4.69, 9.17) is 0 Å². The van der Waals surface area contributed by atoms with Crippen molar-refractivity contribution in [1.29, 1.82) is 0 Å². The van der Waals surface area contributed by atoms with Crippen LogP contribution in [-0.4, -0.2) is 8.07 Å². The molecule has 1 aliphatic rings. The minimum absolute atomic E-state index is 0.826. The molecule has 1 saturated carbocycles. The lowest BCUT2D eigenvalue weighted by Gasteiger charge is -2.36. The molecule has 17 heavy (non-hydrogen) atoms. The summed E-state index contributed by atoms with van der Waals surface area (Å²) in [6.45, 7) is 12.4. The molecule has 0 amide bonds. The van der Waals surface area contributed by atoms with Gasteiger partial charge in [0.05, 0.1) is 8.07 Å². The van der Waals surface area contributed by atoms with E-state index in [0.29, 0.717) is 0 Å². The second-order valence-corrected chi connectivity index (χ2v) is 11.4. The minimum atomic E-state index is -1.31. The van der Waals surface area contributed by atoms with E-state index in [-0.39, 0.29) is 0 Å². The molecule has 0 saturated heterocycles. The number of hydrogen-bond acceptors (Lipinski definition) is 0. The van der Waals surface area contributed by atoms with Crippen molar-refractivity contribution >= 4 is 13.3 Å². The van der Waals surface area contributed by atoms with Crippen LogP contribution in [0.1, 0.15) is 27.2 Å². The van der Waals surface area contributed by atoms with Crippen molar-refractivity contribution < 1.29 is 0 Å². The highest BCUT2D eigenvalue weighted by molar-refractivity contribution is 6.91. The molecule has 0 radical (unpaired) electrons. The van der Waals surface area contributed by atoms with Gasteiger partial charge in [-0.1, -0.05) is 69.4 Å². The topological polar surface area (TPSA) is 0 Å². The van der Waals surface area contributed by atoms with Gasteiger partial charge in [0, 0.05) is 0 Å². The summed E-state index contributed by atoms with van der Waals surface area (Å²) < 4.78 is 0. The molecule has 0 spiro atoms. The van der Waals surface area contributed by atoms with E-state index in [1.807, 2.05) is 0 Å². The lowest BCUT2D eigenvalue weighted by molar-refractivity contribution is 0.505. The third kappa shape index (κ3) is 2.49. The summed E-state index contributed by atoms with van der Waals surface area (Å²) in [5.41, 5.74) is 0.944. The smallest absolute Gasteiger partial charge is 0.0652 e. The van der Waals surface area contributed by atoms with Crippen molar-refractivity contribution in [2.45, 2.75) is 45.8 Å². The van der Waals surface area contributed by atoms with Crippen LogP contribution >= 0.6 is 0 Å². The molecule has 0 aromatic heterocycles. The molecule has 0 bridgehead atoms. The second kappa shape index (κ2) is 4.60. The molecule has 1 heteroatoms. The predicted octanol–water partition coefficient (Wildman–Crippen LogP) is 4.28. The van der Waals surface area contributed by atoms with E-state index >= 15 is 0 Å². The van der Waals surface area contributed by atoms with Crippen molar-refractivity contribution in [3.8, 4) is 0 Å². The Kier molecular flexibility index (Phi) is 3.49. The molecule has 1 aromatic rings. The van der Waals surface area contributed by atoms with Crippen molar-refractivity contribution in [2.24, 2.45) is 17.8 Å². The first-order valence-electron chi connectivity index (χ1n) is 7.00. The number of rotatable bonds is 4. The Hall–Kier alpha value is -0.563. The van der Waals surface area contributed by atoms with Crippen molar-refractivity contribution in [3.05, 3.63) is 30.3 Å². The molecule has 0 aliphatic heterocycles. The maximum Gasteiger partial charge on any atom is 0.0842 e. The molecule has 2 rings (SSSR count). The van der Waals surface area contributed by atoms with Crippen molar-refractivity contribution in [3.63, 3.8) is 0 Å². The Balaban J connectivity index is 2.29. The molecule has 94 valence electrons. The van der Waals surface area contributed by atoms with Gasteiger partial charge < -0.3 is 0 Å². The zero-order chi connectivity index (χ0) is 12.6. The summed E-state index contributed by atoms with van der Waals surface area (Å²) in [7, 11) is -1.31. The zero-order valence-electron chi connectivity index (χ0n) is 11.9. The van der Waals surface area contributed by atoms with E-state index in [1.54, 1.807) is 5.19 Å². The zero-order valence-corrected chi connectivity index (χ0v) is 12.9. The summed E-state index contributed by atoms with van der Waals surface area (Å²) in [6, 6.07) is 11.3. The maximum absolute atomic E-state index is 2.57. The summed E-state index contributed by atoms with van der Waals surface area (Å²) in [5, 5.41) is 1.64. The van der Waals surface area contributed by atoms with Crippen LogP contribution < -0.4 is 5.19 Å². The van der Waals surface area contributed by atoms with Gasteiger partial charge in [0.25, 0.3) is 0 Å². The van der Waals surface area contributed by atoms with Gasteiger partial charge in [-0.2, -0.15) is 0 Å². The fourth-order valence-corrected chi connectivity index (χ4v) is 8.41. The fourth-order valence-electron chi connectivity index (χ4n) is 3.77. The van der Waals surface area contributed by atoms with E-state index in [9.17, 15) is 0 Å². The Bertz CT molecular complexity index is 366. The third-order valence-corrected chi connectivity index (χ3v) is 9.29. The van der Waals surface area contributed by atoms with Crippen LogP contribution in [0, 0.1) is 17.8 Å². The van der Waals surface area contributed by atoms with E-state index in [1.165, 1.54) is 6.42 Å². The molecule has 0 heterocycles. The molecule has 0 unspecified atom stereocenters. The first-order chi connectivity index (χ1) is 7.94. The van der Waals surface area contributed by atoms with Gasteiger partial charge in [0.15, 0.2) is 0 Å². The molecule has 0 nitrogen and oxygen atoms in total. The summed E-state index contributed by atoms with van der Waals surface area (Å²) >= 11 is 0. The molecule has 1 fully saturated rings. The average molecular weight is 246 g/mol. The Morgan fingerprint density at radius 3 is 2.06 bits per heavy atom. The lowest BCUT2D eigenvalue weighted by Crippen LogP contribution is -2.48. The first kappa shape index (κ1) is 12.9. The second-order valence-electron chi connectivity index (χ2n) is 6.73. The quantitative estimate of drug-likeness (QED) is 0.696. The lowest BCUT2D eigenvalue weighted by atomic mass is 10.1. The number of benzene rings is 1. The highest BCUT2D eigenvalue weighted by Gasteiger charge is 2.48. The predicted molar refractivity (Wildman–Crippen MR) is 79.4 cm³/mol. The van der Waals surface area contributed by atoms with Crippen LogP contribution in [0.25, 0.3) is 0 Å². The maximum atomic E-state index is 2.57. The monoisotopic (exact) mass is 246 g/mol. The Labute approximate surface area is 107 Å². The van der Waals surface area contributed by atoms with Gasteiger partial charge in [-0.05, 0) is 29.7 Å². The Morgan fingerprint density at radius 1 is 1.12 bits per heavy atom. The van der Waals surface area contributed by atoms with Gasteiger partial charge in [-0.25, -0.2) is 0 Å². The van der Waals surface area contributed by atoms with Crippen molar-refractivity contribution in [2.75, 3.05) is 0 Å². The standard InChI is InChI=1S/C16H26Si/c1-12(2)16(15-11-13(15)3)17(4,5)14-9-7-6-8-10-14/h6-10,12-13,15-16H,11H2,1-5H3/t13-,15-,16-/m0/s1. The molecule has 3 atom stereocenters. The highest BCUT2D eigenvalue weighted by atomic mass is 28.3. The van der Waals surface area contributed by atoms with Crippen LogP contribution in [0.15, 0.2) is 30.3 Å². The number of hydrogen-bond donors (Lipinski definition) is 0. The highest BCUT2D eigenvalue weighted by Crippen LogP contribution is 2.53. The van der Waals surface area contributed by atoms with Gasteiger partial charge >= 0.3 is 0 Å². The van der Waals surface area contributed by atoms with Crippen LogP contribution in [0.2, 0.25) is 18.6 Å². The van der Waals surface area contributed by atoms with Crippen LogP contribution in [-0.2, 0) is 0 Å². The molecule has 0 N–H and O–H groups in total. The van der Waals surface area contributed by atoms with Gasteiger partial charge in [0.1, 0.15) is 0 Å². The molecule has 1 aliphatic carbocycles.